The number of nitrogens with zero attached hydrogens (tertiary/aromatic N) is 2. The molecule has 1 aliphatic rings. The van der Waals surface area contributed by atoms with E-state index in [9.17, 15) is 4.79 Å². The van der Waals surface area contributed by atoms with Gasteiger partial charge in [0, 0.05) is 45.8 Å². The second-order valence-electron chi connectivity index (χ2n) is 7.64. The smallest absolute Gasteiger partial charge is 0.407 e. The number of benzene rings is 1. The molecular formula is C20H33N3O4. The first-order valence-corrected chi connectivity index (χ1v) is 9.54. The fourth-order valence-corrected chi connectivity index (χ4v) is 2.83. The molecule has 152 valence electrons. The molecule has 7 heteroatoms. The maximum Gasteiger partial charge on any atom is 0.407 e. The largest absolute Gasteiger partial charge is 0.497 e. The van der Waals surface area contributed by atoms with Gasteiger partial charge in [-0.15, -0.1) is 0 Å². The van der Waals surface area contributed by atoms with Gasteiger partial charge in [-0.25, -0.2) is 4.79 Å². The number of hydrogen-bond donors (Lipinski definition) is 1. The average Bonchev–Trinajstić information content (AvgIpc) is 2.62. The maximum atomic E-state index is 11.6. The normalized spacial score (nSPS) is 16.0. The summed E-state index contributed by atoms with van der Waals surface area (Å²) in [4.78, 5) is 16.4. The molecule has 0 unspecified atom stereocenters. The van der Waals surface area contributed by atoms with Crippen molar-refractivity contribution in [3.05, 3.63) is 24.3 Å². The molecule has 2 rings (SSSR count). The van der Waals surface area contributed by atoms with Gasteiger partial charge in [-0.05, 0) is 45.0 Å². The highest BCUT2D eigenvalue weighted by Gasteiger charge is 2.18. The van der Waals surface area contributed by atoms with Crippen molar-refractivity contribution < 1.29 is 19.0 Å². The summed E-state index contributed by atoms with van der Waals surface area (Å²) in [5, 5.41) is 2.81. The molecule has 0 aliphatic carbocycles. The van der Waals surface area contributed by atoms with Crippen molar-refractivity contribution in [2.75, 3.05) is 59.5 Å². The van der Waals surface area contributed by atoms with E-state index in [2.05, 4.69) is 15.1 Å². The van der Waals surface area contributed by atoms with Crippen molar-refractivity contribution in [2.24, 2.45) is 0 Å². The van der Waals surface area contributed by atoms with Crippen LogP contribution in [0.1, 0.15) is 20.8 Å². The number of rotatable bonds is 8. The van der Waals surface area contributed by atoms with Crippen LogP contribution in [-0.2, 0) is 4.74 Å². The van der Waals surface area contributed by atoms with Crippen molar-refractivity contribution in [2.45, 2.75) is 26.4 Å². The van der Waals surface area contributed by atoms with E-state index in [-0.39, 0.29) is 6.09 Å². The molecule has 1 amide bonds. The van der Waals surface area contributed by atoms with Gasteiger partial charge in [-0.3, -0.25) is 9.80 Å². The Bertz CT molecular complexity index is 564. The fraction of sp³-hybridized carbons (Fsp3) is 0.650. The molecule has 1 aromatic carbocycles. The minimum atomic E-state index is -0.455. The van der Waals surface area contributed by atoms with Gasteiger partial charge < -0.3 is 19.5 Å². The predicted octanol–water partition coefficient (Wildman–Crippen LogP) is 2.22. The SMILES string of the molecule is COc1ccc(OCCN2CCN(CCNC(=O)OC(C)(C)C)CC2)cc1. The minimum absolute atomic E-state index is 0.350. The first-order chi connectivity index (χ1) is 12.9. The molecule has 0 atom stereocenters. The molecule has 1 saturated heterocycles. The summed E-state index contributed by atoms with van der Waals surface area (Å²) in [5.74, 6) is 1.70. The number of carbonyl (C=O) groups is 1. The summed E-state index contributed by atoms with van der Waals surface area (Å²) in [5.41, 5.74) is -0.455. The molecule has 0 saturated carbocycles. The third-order valence-corrected chi connectivity index (χ3v) is 4.30. The second-order valence-corrected chi connectivity index (χ2v) is 7.64. The molecule has 7 nitrogen and oxygen atoms in total. The quantitative estimate of drug-likeness (QED) is 0.747. The standard InChI is InChI=1S/C20H33N3O4/c1-20(2,3)27-19(24)21-9-10-22-11-13-23(14-12-22)15-16-26-18-7-5-17(25-4)6-8-18/h5-8H,9-16H2,1-4H3,(H,21,24). The predicted molar refractivity (Wildman–Crippen MR) is 106 cm³/mol. The van der Waals surface area contributed by atoms with Gasteiger partial charge in [0.1, 0.15) is 23.7 Å². The lowest BCUT2D eigenvalue weighted by atomic mass is 10.2. The molecule has 1 aliphatic heterocycles. The van der Waals surface area contributed by atoms with Gasteiger partial charge in [0.05, 0.1) is 7.11 Å². The maximum absolute atomic E-state index is 11.6. The summed E-state index contributed by atoms with van der Waals surface area (Å²) in [6.07, 6.45) is -0.350. The molecule has 1 heterocycles. The van der Waals surface area contributed by atoms with Crippen LogP contribution < -0.4 is 14.8 Å². The van der Waals surface area contributed by atoms with E-state index >= 15 is 0 Å². The number of ether oxygens (including phenoxy) is 3. The van der Waals surface area contributed by atoms with E-state index in [0.717, 1.165) is 50.8 Å². The zero-order chi connectivity index (χ0) is 19.7. The van der Waals surface area contributed by atoms with Crippen LogP contribution in [-0.4, -0.2) is 81.0 Å². The minimum Gasteiger partial charge on any atom is -0.497 e. The van der Waals surface area contributed by atoms with E-state index < -0.39 is 5.60 Å². The molecule has 0 aromatic heterocycles. The lowest BCUT2D eigenvalue weighted by Gasteiger charge is -2.34. The molecule has 0 radical (unpaired) electrons. The van der Waals surface area contributed by atoms with Crippen molar-refractivity contribution in [1.29, 1.82) is 0 Å². The Hall–Kier alpha value is -1.99. The molecule has 1 fully saturated rings. The van der Waals surface area contributed by atoms with E-state index in [1.54, 1.807) is 7.11 Å². The molecule has 1 N–H and O–H groups in total. The Balaban J connectivity index is 1.55. The lowest BCUT2D eigenvalue weighted by Crippen LogP contribution is -2.49. The number of carbonyl (C=O) groups excluding carboxylic acids is 1. The molecule has 27 heavy (non-hydrogen) atoms. The number of piperazine rings is 1. The van der Waals surface area contributed by atoms with Crippen LogP contribution in [0.5, 0.6) is 11.5 Å². The van der Waals surface area contributed by atoms with Crippen molar-refractivity contribution in [3.63, 3.8) is 0 Å². The van der Waals surface area contributed by atoms with Crippen LogP contribution in [0.2, 0.25) is 0 Å². The lowest BCUT2D eigenvalue weighted by molar-refractivity contribution is 0.0515. The Morgan fingerprint density at radius 2 is 1.56 bits per heavy atom. The summed E-state index contributed by atoms with van der Waals surface area (Å²) in [7, 11) is 1.66. The van der Waals surface area contributed by atoms with Crippen LogP contribution in [0.4, 0.5) is 4.79 Å². The Kier molecular flexibility index (Phi) is 8.19. The average molecular weight is 380 g/mol. The van der Waals surface area contributed by atoms with Gasteiger partial charge in [-0.2, -0.15) is 0 Å². The monoisotopic (exact) mass is 379 g/mol. The fourth-order valence-electron chi connectivity index (χ4n) is 2.83. The van der Waals surface area contributed by atoms with Gasteiger partial charge in [0.2, 0.25) is 0 Å². The zero-order valence-electron chi connectivity index (χ0n) is 17.0. The van der Waals surface area contributed by atoms with E-state index in [1.807, 2.05) is 45.0 Å². The number of methoxy groups -OCH3 is 1. The Labute approximate surface area is 162 Å². The number of hydrogen-bond acceptors (Lipinski definition) is 6. The topological polar surface area (TPSA) is 63.3 Å². The van der Waals surface area contributed by atoms with Gasteiger partial charge in [0.25, 0.3) is 0 Å². The van der Waals surface area contributed by atoms with Crippen LogP contribution >= 0.6 is 0 Å². The molecule has 1 aromatic rings. The van der Waals surface area contributed by atoms with Gasteiger partial charge in [0.15, 0.2) is 0 Å². The van der Waals surface area contributed by atoms with Crippen LogP contribution in [0, 0.1) is 0 Å². The number of amides is 1. The van der Waals surface area contributed by atoms with E-state index in [0.29, 0.717) is 13.2 Å². The summed E-state index contributed by atoms with van der Waals surface area (Å²) in [6.45, 7) is 12.7. The van der Waals surface area contributed by atoms with Crippen molar-refractivity contribution >= 4 is 6.09 Å². The summed E-state index contributed by atoms with van der Waals surface area (Å²) >= 11 is 0. The van der Waals surface area contributed by atoms with Crippen molar-refractivity contribution in [3.8, 4) is 11.5 Å². The van der Waals surface area contributed by atoms with Crippen LogP contribution in [0.3, 0.4) is 0 Å². The first kappa shape index (κ1) is 21.3. The zero-order valence-corrected chi connectivity index (χ0v) is 17.0. The number of alkyl carbamates (subject to hydrolysis) is 1. The molecular weight excluding hydrogens is 346 g/mol. The highest BCUT2D eigenvalue weighted by molar-refractivity contribution is 5.67. The van der Waals surface area contributed by atoms with Gasteiger partial charge in [-0.1, -0.05) is 0 Å². The van der Waals surface area contributed by atoms with Crippen LogP contribution in [0.25, 0.3) is 0 Å². The highest BCUT2D eigenvalue weighted by Crippen LogP contribution is 2.17. The summed E-state index contributed by atoms with van der Waals surface area (Å²) in [6, 6.07) is 7.65. The highest BCUT2D eigenvalue weighted by atomic mass is 16.6. The summed E-state index contributed by atoms with van der Waals surface area (Å²) < 4.78 is 16.2. The van der Waals surface area contributed by atoms with E-state index in [1.165, 1.54) is 0 Å². The third kappa shape index (κ3) is 8.49. The third-order valence-electron chi connectivity index (χ3n) is 4.30. The van der Waals surface area contributed by atoms with Crippen LogP contribution in [0.15, 0.2) is 24.3 Å². The first-order valence-electron chi connectivity index (χ1n) is 9.54. The Morgan fingerprint density at radius 1 is 1.00 bits per heavy atom. The number of nitrogens with one attached hydrogen (secondary N) is 1. The second kappa shape index (κ2) is 10.4. The van der Waals surface area contributed by atoms with Gasteiger partial charge >= 0.3 is 6.09 Å². The van der Waals surface area contributed by atoms with Crippen molar-refractivity contribution in [1.82, 2.24) is 15.1 Å². The molecule has 0 spiro atoms. The Morgan fingerprint density at radius 3 is 2.11 bits per heavy atom. The molecule has 0 bridgehead atoms. The van der Waals surface area contributed by atoms with E-state index in [4.69, 9.17) is 14.2 Å².